The van der Waals surface area contributed by atoms with Crippen LogP contribution in [-0.2, 0) is 29.1 Å². The first kappa shape index (κ1) is 50.4. The molecule has 370 valence electrons. The van der Waals surface area contributed by atoms with Crippen molar-refractivity contribution >= 4 is 44.6 Å². The second-order valence-corrected chi connectivity index (χ2v) is 21.9. The topological polar surface area (TPSA) is 218 Å². The van der Waals surface area contributed by atoms with Gasteiger partial charge in [-0.25, -0.2) is 28.0 Å². The van der Waals surface area contributed by atoms with Crippen LogP contribution in [0.15, 0.2) is 54.6 Å². The quantitative estimate of drug-likeness (QED) is 0.0586. The lowest BCUT2D eigenvalue weighted by molar-refractivity contribution is -0.140. The van der Waals surface area contributed by atoms with Gasteiger partial charge in [0.15, 0.2) is 11.6 Å². The van der Waals surface area contributed by atoms with Gasteiger partial charge in [-0.2, -0.15) is 0 Å². The number of hydrogen-bond acceptors (Lipinski definition) is 12. The third kappa shape index (κ3) is 12.8. The van der Waals surface area contributed by atoms with Crippen LogP contribution >= 0.6 is 0 Å². The summed E-state index contributed by atoms with van der Waals surface area (Å²) in [6.07, 6.45) is 9.87. The van der Waals surface area contributed by atoms with Crippen molar-refractivity contribution < 1.29 is 50.9 Å². The first-order valence-corrected chi connectivity index (χ1v) is 25.5. The van der Waals surface area contributed by atoms with Crippen LogP contribution in [0.3, 0.4) is 0 Å². The number of ether oxygens (including phenoxy) is 4. The molecule has 18 heteroatoms. The lowest BCUT2D eigenvalue weighted by Crippen LogP contribution is -2.58. The molecule has 0 bridgehead atoms. The highest BCUT2D eigenvalue weighted by molar-refractivity contribution is 7.90. The number of amides is 4. The van der Waals surface area contributed by atoms with Crippen LogP contribution in [0.25, 0.3) is 22.0 Å². The monoisotopic (exact) mass is 962 g/mol. The maximum Gasteiger partial charge on any atom is 0.421 e. The summed E-state index contributed by atoms with van der Waals surface area (Å²) in [5.41, 5.74) is 12.3. The van der Waals surface area contributed by atoms with Crippen molar-refractivity contribution in [3.63, 3.8) is 0 Å². The minimum absolute atomic E-state index is 0.0212. The Morgan fingerprint density at radius 1 is 1.03 bits per heavy atom. The molecule has 0 radical (unpaired) electrons. The van der Waals surface area contributed by atoms with Gasteiger partial charge < -0.3 is 29.6 Å². The second-order valence-electron chi connectivity index (χ2n) is 20.0. The standard InChI is InChI=1S/C50H67FN6O10S/c1-29(2)66-43-19-14-33(24-40(43)51)41-25-34-23-35(64-6)15-18-39(34)47(53-41)67-36-26-42(45(52)58)57(27-36)48(60)44(54-55-49(61)65-28-50(5)20-21-50)31(4)22-30(3)10-7-8-11-32-12-9-13-38(32)46(59)56-68(62,63)37-16-17-37/h8,11,14-15,18-19,23-25,29-32,36-38,42,44,54H,7,9-10,12-13,16-17,20-22,26-28H2,1-6H3,(H2,52,58)(H,55,61)(H,56,59)/b11-8-/t30-,31-,32-,36-,38?,42+,44+/m1/s1. The van der Waals surface area contributed by atoms with E-state index in [2.05, 4.69) is 28.6 Å². The third-order valence-corrected chi connectivity index (χ3v) is 15.5. The van der Waals surface area contributed by atoms with Crippen molar-refractivity contribution in [2.75, 3.05) is 20.3 Å². The minimum Gasteiger partial charge on any atom is -0.497 e. The number of carbonyl (C=O) groups excluding carboxylic acids is 4. The Labute approximate surface area is 398 Å². The Kier molecular flexibility index (Phi) is 15.9. The van der Waals surface area contributed by atoms with Gasteiger partial charge in [0.1, 0.15) is 23.9 Å². The number of rotatable bonds is 22. The number of pyridine rings is 1. The highest BCUT2D eigenvalue weighted by atomic mass is 32.2. The van der Waals surface area contributed by atoms with Crippen LogP contribution in [-0.4, -0.2) is 91.9 Å². The van der Waals surface area contributed by atoms with Gasteiger partial charge in [0.2, 0.25) is 33.6 Å². The van der Waals surface area contributed by atoms with Gasteiger partial charge in [-0.15, -0.1) is 0 Å². The maximum absolute atomic E-state index is 15.2. The summed E-state index contributed by atoms with van der Waals surface area (Å²) in [4.78, 5) is 59.9. The number of halogens is 1. The number of benzene rings is 2. The zero-order chi connectivity index (χ0) is 48.9. The number of primary amides is 1. The van der Waals surface area contributed by atoms with Crippen molar-refractivity contribution in [1.82, 2.24) is 25.5 Å². The van der Waals surface area contributed by atoms with E-state index in [-0.39, 0.29) is 66.4 Å². The number of nitrogens with one attached hydrogen (secondary N) is 3. The van der Waals surface area contributed by atoms with Crippen molar-refractivity contribution in [3.8, 4) is 28.6 Å². The van der Waals surface area contributed by atoms with Gasteiger partial charge >= 0.3 is 6.09 Å². The molecular weight excluding hydrogens is 896 g/mol. The molecule has 0 spiro atoms. The van der Waals surface area contributed by atoms with E-state index in [1.54, 1.807) is 37.4 Å². The number of hydrogen-bond donors (Lipinski definition) is 4. The van der Waals surface area contributed by atoms with Crippen molar-refractivity contribution in [1.29, 1.82) is 0 Å². The number of sulfonamides is 1. The van der Waals surface area contributed by atoms with Crippen LogP contribution in [0.5, 0.6) is 17.4 Å². The fourth-order valence-corrected chi connectivity index (χ4v) is 10.6. The zero-order valence-electron chi connectivity index (χ0n) is 39.9. The normalized spacial score (nSPS) is 22.4. The third-order valence-electron chi connectivity index (χ3n) is 13.7. The van der Waals surface area contributed by atoms with Crippen LogP contribution < -0.4 is 35.5 Å². The molecule has 2 aromatic carbocycles. The molecule has 3 aromatic rings. The van der Waals surface area contributed by atoms with Gasteiger partial charge in [-0.3, -0.25) is 24.5 Å². The molecule has 5 N–H and O–H groups in total. The molecule has 16 nitrogen and oxygen atoms in total. The molecule has 1 saturated heterocycles. The van der Waals surface area contributed by atoms with E-state index in [0.29, 0.717) is 59.9 Å². The van der Waals surface area contributed by atoms with Gasteiger partial charge in [0.05, 0.1) is 37.3 Å². The van der Waals surface area contributed by atoms with E-state index in [1.165, 1.54) is 11.0 Å². The number of fused-ring (bicyclic) bond motifs is 1. The Hall–Kier alpha value is -5.49. The Morgan fingerprint density at radius 3 is 2.47 bits per heavy atom. The summed E-state index contributed by atoms with van der Waals surface area (Å²) >= 11 is 0. The molecule has 4 fully saturated rings. The number of nitrogens with zero attached hydrogens (tertiary/aromatic N) is 2. The average molecular weight is 963 g/mol. The summed E-state index contributed by atoms with van der Waals surface area (Å²) < 4.78 is 65.5. The van der Waals surface area contributed by atoms with Crippen LogP contribution in [0.1, 0.15) is 105 Å². The molecular formula is C50H67FN6O10S. The van der Waals surface area contributed by atoms with Crippen LogP contribution in [0, 0.1) is 34.9 Å². The first-order valence-electron chi connectivity index (χ1n) is 23.9. The molecule has 4 aliphatic rings. The Bertz CT molecular complexity index is 2480. The lowest BCUT2D eigenvalue weighted by Gasteiger charge is -2.32. The first-order chi connectivity index (χ1) is 32.3. The number of hydrazine groups is 1. The van der Waals surface area contributed by atoms with Crippen LogP contribution in [0.4, 0.5) is 9.18 Å². The van der Waals surface area contributed by atoms with E-state index >= 15 is 4.39 Å². The summed E-state index contributed by atoms with van der Waals surface area (Å²) in [5.74, 6) is -1.92. The summed E-state index contributed by atoms with van der Waals surface area (Å²) in [7, 11) is -2.06. The number of methoxy groups -OCH3 is 1. The van der Waals surface area contributed by atoms with E-state index in [1.807, 2.05) is 39.8 Å². The van der Waals surface area contributed by atoms with Gasteiger partial charge in [-0.05, 0) is 137 Å². The number of allylic oxidation sites excluding steroid dienone is 2. The fourth-order valence-electron chi connectivity index (χ4n) is 9.29. The Balaban J connectivity index is 1.05. The molecule has 3 aliphatic carbocycles. The lowest BCUT2D eigenvalue weighted by atomic mass is 9.88. The molecule has 1 unspecified atom stereocenters. The van der Waals surface area contributed by atoms with Gasteiger partial charge in [0.25, 0.3) is 0 Å². The smallest absolute Gasteiger partial charge is 0.421 e. The van der Waals surface area contributed by atoms with Gasteiger partial charge in [-0.1, -0.05) is 39.3 Å². The average Bonchev–Trinajstić information content (AvgIpc) is 4.19. The SMILES string of the molecule is COc1ccc2c(O[C@@H]3C[C@@H](C(N)=O)N(C(=O)[C@@H](NNC(=O)OCC4(C)CC4)[C@H](C)C[C@H](C)CC/C=C\[C@@H]4CCCC4C(=O)NS(=O)(=O)C4CC4)C3)nc(-c3ccc(OC(C)C)c(F)c3)cc2c1. The van der Waals surface area contributed by atoms with Crippen molar-refractivity contribution in [2.24, 2.45) is 34.8 Å². The number of carbonyl (C=O) groups is 4. The van der Waals surface area contributed by atoms with E-state index in [4.69, 9.17) is 29.7 Å². The molecule has 68 heavy (non-hydrogen) atoms. The fraction of sp³-hybridized carbons (Fsp3) is 0.580. The number of likely N-dealkylation sites (tertiary alicyclic amines) is 1. The summed E-state index contributed by atoms with van der Waals surface area (Å²) in [5, 5.41) is 0.867. The van der Waals surface area contributed by atoms with Crippen LogP contribution in [0.2, 0.25) is 0 Å². The summed E-state index contributed by atoms with van der Waals surface area (Å²) in [6, 6.07) is 9.75. The highest BCUT2D eigenvalue weighted by Gasteiger charge is 2.44. The van der Waals surface area contributed by atoms with Crippen molar-refractivity contribution in [2.45, 2.75) is 135 Å². The van der Waals surface area contributed by atoms with E-state index in [0.717, 1.165) is 32.1 Å². The van der Waals surface area contributed by atoms with E-state index < -0.39 is 63.1 Å². The zero-order valence-corrected chi connectivity index (χ0v) is 40.7. The van der Waals surface area contributed by atoms with Crippen molar-refractivity contribution in [3.05, 3.63) is 60.4 Å². The highest BCUT2D eigenvalue weighted by Crippen LogP contribution is 2.45. The second kappa shape index (κ2) is 21.4. The molecule has 2 heterocycles. The Morgan fingerprint density at radius 2 is 1.79 bits per heavy atom. The molecule has 4 amide bonds. The number of nitrogens with two attached hydrogens (primary N) is 1. The molecule has 7 atom stereocenters. The molecule has 7 rings (SSSR count). The maximum atomic E-state index is 15.2. The summed E-state index contributed by atoms with van der Waals surface area (Å²) in [6.45, 7) is 9.86. The predicted molar refractivity (Wildman–Crippen MR) is 254 cm³/mol. The van der Waals surface area contributed by atoms with Gasteiger partial charge in [0, 0.05) is 28.7 Å². The minimum atomic E-state index is -3.61. The number of aromatic nitrogens is 1. The molecule has 3 saturated carbocycles. The molecule has 1 aliphatic heterocycles. The predicted octanol–water partition coefficient (Wildman–Crippen LogP) is 7.09. The van der Waals surface area contributed by atoms with E-state index in [9.17, 15) is 27.6 Å². The molecule has 1 aromatic heterocycles. The largest absolute Gasteiger partial charge is 0.497 e.